The number of phenolic OH excluding ortho intramolecular Hbond substituents is 2. The molecule has 5 heteroatoms. The highest BCUT2D eigenvalue weighted by Gasteiger charge is 2.21. The summed E-state index contributed by atoms with van der Waals surface area (Å²) in [4.78, 5) is 0.158. The minimum Gasteiger partial charge on any atom is -0.508 e. The Bertz CT molecular complexity index is 711. The number of rotatable bonds is 2. The van der Waals surface area contributed by atoms with E-state index in [1.165, 1.54) is 18.2 Å². The summed E-state index contributed by atoms with van der Waals surface area (Å²) in [5.74, 6) is 0.0534. The number of sulfone groups is 1. The SMILES string of the molecule is Cc1cc(S(=O)(=O)c2cc(C)c(O)c(C)c2)cc(O)c1C. The van der Waals surface area contributed by atoms with Crippen molar-refractivity contribution in [1.29, 1.82) is 0 Å². The fourth-order valence-corrected chi connectivity index (χ4v) is 3.71. The summed E-state index contributed by atoms with van der Waals surface area (Å²) >= 11 is 0. The van der Waals surface area contributed by atoms with E-state index in [2.05, 4.69) is 0 Å². The summed E-state index contributed by atoms with van der Waals surface area (Å²) in [7, 11) is -3.73. The van der Waals surface area contributed by atoms with Gasteiger partial charge in [-0.3, -0.25) is 0 Å². The summed E-state index contributed by atoms with van der Waals surface area (Å²) < 4.78 is 25.3. The number of aromatic hydroxyl groups is 2. The molecular weight excluding hydrogens is 288 g/mol. The van der Waals surface area contributed by atoms with Crippen LogP contribution >= 0.6 is 0 Å². The summed E-state index contributed by atoms with van der Waals surface area (Å²) in [6, 6.07) is 5.67. The van der Waals surface area contributed by atoms with E-state index in [1.54, 1.807) is 33.8 Å². The van der Waals surface area contributed by atoms with Gasteiger partial charge in [-0.25, -0.2) is 8.42 Å². The molecule has 0 aliphatic heterocycles. The number of aryl methyl sites for hydroxylation is 3. The average Bonchev–Trinajstić information content (AvgIpc) is 2.40. The molecule has 0 spiro atoms. The molecule has 2 aromatic carbocycles. The van der Waals surface area contributed by atoms with Crippen molar-refractivity contribution in [2.75, 3.05) is 0 Å². The number of phenols is 2. The van der Waals surface area contributed by atoms with E-state index in [-0.39, 0.29) is 21.3 Å². The standard InChI is InChI=1S/C16H18O4S/c1-9-5-14(8-15(17)12(9)4)21(19,20)13-6-10(2)16(18)11(3)7-13/h5-8,17-18H,1-4H3. The second-order valence-electron chi connectivity index (χ2n) is 5.29. The molecule has 0 heterocycles. The van der Waals surface area contributed by atoms with Crippen LogP contribution < -0.4 is 0 Å². The van der Waals surface area contributed by atoms with Gasteiger partial charge in [0, 0.05) is 0 Å². The molecule has 0 bridgehead atoms. The van der Waals surface area contributed by atoms with E-state index < -0.39 is 9.84 Å². The smallest absolute Gasteiger partial charge is 0.206 e. The molecule has 0 saturated heterocycles. The summed E-state index contributed by atoms with van der Waals surface area (Å²) in [6.07, 6.45) is 0. The molecule has 0 aliphatic carbocycles. The maximum absolute atomic E-state index is 12.7. The molecular formula is C16H18O4S. The van der Waals surface area contributed by atoms with E-state index in [1.807, 2.05) is 0 Å². The zero-order valence-electron chi connectivity index (χ0n) is 12.4. The third kappa shape index (κ3) is 2.61. The van der Waals surface area contributed by atoms with Crippen LogP contribution in [-0.4, -0.2) is 18.6 Å². The van der Waals surface area contributed by atoms with Crippen LogP contribution in [0.4, 0.5) is 0 Å². The molecule has 0 aromatic heterocycles. The molecule has 0 atom stereocenters. The van der Waals surface area contributed by atoms with E-state index >= 15 is 0 Å². The van der Waals surface area contributed by atoms with E-state index in [4.69, 9.17) is 0 Å². The quantitative estimate of drug-likeness (QED) is 0.893. The first-order chi connectivity index (χ1) is 9.64. The lowest BCUT2D eigenvalue weighted by Gasteiger charge is -2.11. The lowest BCUT2D eigenvalue weighted by Crippen LogP contribution is -2.04. The van der Waals surface area contributed by atoms with Crippen LogP contribution in [0.3, 0.4) is 0 Å². The highest BCUT2D eigenvalue weighted by Crippen LogP contribution is 2.32. The molecule has 0 amide bonds. The molecule has 2 aromatic rings. The molecule has 0 radical (unpaired) electrons. The second kappa shape index (κ2) is 5.07. The average molecular weight is 306 g/mol. The van der Waals surface area contributed by atoms with Crippen LogP contribution in [0.1, 0.15) is 22.3 Å². The van der Waals surface area contributed by atoms with Gasteiger partial charge in [-0.15, -0.1) is 0 Å². The summed E-state index contributed by atoms with van der Waals surface area (Å²) in [5.41, 5.74) is 2.37. The van der Waals surface area contributed by atoms with Crippen molar-refractivity contribution in [1.82, 2.24) is 0 Å². The molecule has 4 nitrogen and oxygen atoms in total. The second-order valence-corrected chi connectivity index (χ2v) is 7.24. The van der Waals surface area contributed by atoms with Crippen LogP contribution in [0.2, 0.25) is 0 Å². The normalized spacial score (nSPS) is 11.6. The fourth-order valence-electron chi connectivity index (χ4n) is 2.17. The van der Waals surface area contributed by atoms with Crippen molar-refractivity contribution >= 4 is 9.84 Å². The molecule has 0 unspecified atom stereocenters. The topological polar surface area (TPSA) is 74.6 Å². The fraction of sp³-hybridized carbons (Fsp3) is 0.250. The largest absolute Gasteiger partial charge is 0.508 e. The first-order valence-corrected chi connectivity index (χ1v) is 7.98. The van der Waals surface area contributed by atoms with Crippen LogP contribution in [-0.2, 0) is 9.84 Å². The van der Waals surface area contributed by atoms with Crippen LogP contribution in [0.25, 0.3) is 0 Å². The molecule has 0 saturated carbocycles. The monoisotopic (exact) mass is 306 g/mol. The van der Waals surface area contributed by atoms with Gasteiger partial charge in [-0.1, -0.05) is 0 Å². The Hall–Kier alpha value is -2.01. The molecule has 2 N–H and O–H groups in total. The highest BCUT2D eigenvalue weighted by molar-refractivity contribution is 7.91. The minimum atomic E-state index is -3.73. The van der Waals surface area contributed by atoms with Crippen molar-refractivity contribution in [3.8, 4) is 11.5 Å². The Balaban J connectivity index is 2.68. The molecule has 112 valence electrons. The number of hydrogen-bond acceptors (Lipinski definition) is 4. The molecule has 0 fully saturated rings. The van der Waals surface area contributed by atoms with Crippen molar-refractivity contribution in [3.05, 3.63) is 46.5 Å². The van der Waals surface area contributed by atoms with Gasteiger partial charge in [0.15, 0.2) is 0 Å². The molecule has 0 aliphatic rings. The van der Waals surface area contributed by atoms with E-state index in [0.29, 0.717) is 22.3 Å². The first-order valence-electron chi connectivity index (χ1n) is 6.50. The van der Waals surface area contributed by atoms with Crippen LogP contribution in [0, 0.1) is 27.7 Å². The van der Waals surface area contributed by atoms with Gasteiger partial charge in [0.1, 0.15) is 11.5 Å². The maximum Gasteiger partial charge on any atom is 0.206 e. The van der Waals surface area contributed by atoms with Crippen molar-refractivity contribution < 1.29 is 18.6 Å². The molecule has 2 rings (SSSR count). The lowest BCUT2D eigenvalue weighted by molar-refractivity contribution is 0.465. The van der Waals surface area contributed by atoms with E-state index in [0.717, 1.165) is 0 Å². The zero-order valence-corrected chi connectivity index (χ0v) is 13.2. The predicted molar refractivity (Wildman–Crippen MR) is 80.6 cm³/mol. The Labute approximate surface area is 124 Å². The Morgan fingerprint density at radius 3 is 1.67 bits per heavy atom. The number of benzene rings is 2. The van der Waals surface area contributed by atoms with Gasteiger partial charge in [-0.05, 0) is 74.2 Å². The highest BCUT2D eigenvalue weighted by atomic mass is 32.2. The van der Waals surface area contributed by atoms with Crippen molar-refractivity contribution in [2.24, 2.45) is 0 Å². The van der Waals surface area contributed by atoms with Crippen molar-refractivity contribution in [3.63, 3.8) is 0 Å². The minimum absolute atomic E-state index is 0.0409. The Morgan fingerprint density at radius 2 is 1.19 bits per heavy atom. The van der Waals surface area contributed by atoms with Gasteiger partial charge in [0.25, 0.3) is 0 Å². The third-order valence-corrected chi connectivity index (χ3v) is 5.41. The van der Waals surface area contributed by atoms with Gasteiger partial charge in [0.05, 0.1) is 9.79 Å². The Morgan fingerprint density at radius 1 is 0.762 bits per heavy atom. The lowest BCUT2D eigenvalue weighted by atomic mass is 10.1. The van der Waals surface area contributed by atoms with Gasteiger partial charge in [-0.2, -0.15) is 0 Å². The third-order valence-electron chi connectivity index (χ3n) is 3.70. The summed E-state index contributed by atoms with van der Waals surface area (Å²) in [6.45, 7) is 6.79. The predicted octanol–water partition coefficient (Wildman–Crippen LogP) is 3.16. The van der Waals surface area contributed by atoms with Crippen LogP contribution in [0.15, 0.2) is 34.1 Å². The van der Waals surface area contributed by atoms with Gasteiger partial charge in [0.2, 0.25) is 9.84 Å². The first kappa shape index (κ1) is 15.4. The van der Waals surface area contributed by atoms with E-state index in [9.17, 15) is 18.6 Å². The van der Waals surface area contributed by atoms with Crippen LogP contribution in [0.5, 0.6) is 11.5 Å². The Kier molecular flexibility index (Phi) is 3.72. The van der Waals surface area contributed by atoms with Gasteiger partial charge >= 0.3 is 0 Å². The number of hydrogen-bond donors (Lipinski definition) is 2. The van der Waals surface area contributed by atoms with Crippen molar-refractivity contribution in [2.45, 2.75) is 37.5 Å². The summed E-state index contributed by atoms with van der Waals surface area (Å²) in [5, 5.41) is 19.6. The van der Waals surface area contributed by atoms with Gasteiger partial charge < -0.3 is 10.2 Å². The molecule has 21 heavy (non-hydrogen) atoms. The maximum atomic E-state index is 12.7. The zero-order chi connectivity index (χ0) is 15.9.